The quantitative estimate of drug-likeness (QED) is 0.201. The average Bonchev–Trinajstić information content (AvgIpc) is 2.00. The minimum absolute atomic E-state index is 0. The van der Waals surface area contributed by atoms with Gasteiger partial charge < -0.3 is 21.1 Å². The molecule has 0 aromatic carbocycles. The predicted octanol–water partition coefficient (Wildman–Crippen LogP) is -2.41. The van der Waals surface area contributed by atoms with Crippen LogP contribution in [0.5, 0.6) is 0 Å². The Kier molecular flexibility index (Phi) is 10.5. The van der Waals surface area contributed by atoms with E-state index in [9.17, 15) is 5.11 Å². The van der Waals surface area contributed by atoms with Crippen LogP contribution in [0.2, 0.25) is 0 Å². The molecule has 0 aliphatic heterocycles. The monoisotopic (exact) mass is 220 g/mol. The topological polar surface area (TPSA) is 79.2 Å². The largest absolute Gasteiger partial charge is 1.00 e. The van der Waals surface area contributed by atoms with Gasteiger partial charge in [-0.1, -0.05) is 13.0 Å². The molecule has 0 aromatic rings. The summed E-state index contributed by atoms with van der Waals surface area (Å²) in [5.41, 5.74) is 0. The summed E-state index contributed by atoms with van der Waals surface area (Å²) in [5.74, 6) is -1.93. The molecule has 0 saturated carbocycles. The molecule has 0 fully saturated rings. The second-order valence-electron chi connectivity index (χ2n) is 2.01. The van der Waals surface area contributed by atoms with Gasteiger partial charge in [0.25, 0.3) is 5.97 Å². The molecule has 1 unspecified atom stereocenters. The van der Waals surface area contributed by atoms with Crippen molar-refractivity contribution in [2.45, 2.75) is 19.3 Å². The van der Waals surface area contributed by atoms with Gasteiger partial charge in [0.05, 0.1) is 6.61 Å². The zero-order valence-electron chi connectivity index (χ0n) is 8.80. The Balaban J connectivity index is -0.000000605. The molecule has 5 nitrogen and oxygen atoms in total. The summed E-state index contributed by atoms with van der Waals surface area (Å²) in [6, 6.07) is 0. The second kappa shape index (κ2) is 8.29. The Labute approximate surface area is 102 Å². The van der Waals surface area contributed by atoms with Crippen LogP contribution in [0.4, 0.5) is 0 Å². The third-order valence-corrected chi connectivity index (χ3v) is 1.55. The van der Waals surface area contributed by atoms with Crippen LogP contribution < -0.4 is 29.6 Å². The molecule has 0 bridgehead atoms. The van der Waals surface area contributed by atoms with Crippen molar-refractivity contribution in [1.29, 1.82) is 0 Å². The van der Waals surface area contributed by atoms with E-state index < -0.39 is 14.6 Å². The van der Waals surface area contributed by atoms with Crippen LogP contribution in [0.25, 0.3) is 0 Å². The molecule has 0 radical (unpaired) electrons. The normalized spacial score (nSPS) is 14.8. The number of hydrogen-bond acceptors (Lipinski definition) is 5. The van der Waals surface area contributed by atoms with Crippen LogP contribution >= 0.6 is 8.60 Å². The second-order valence-corrected chi connectivity index (χ2v) is 2.70. The van der Waals surface area contributed by atoms with Crippen LogP contribution in [0.15, 0.2) is 12.7 Å². The fourth-order valence-corrected chi connectivity index (χ4v) is 0.947. The Morgan fingerprint density at radius 3 is 2.46 bits per heavy atom. The zero-order chi connectivity index (χ0) is 9.61. The van der Waals surface area contributed by atoms with Gasteiger partial charge in [-0.05, 0) is 0 Å². The molecule has 0 heterocycles. The molecule has 0 aromatic heterocycles. The van der Waals surface area contributed by atoms with E-state index in [2.05, 4.69) is 11.1 Å². The van der Waals surface area contributed by atoms with Gasteiger partial charge in [-0.3, -0.25) is 4.52 Å². The van der Waals surface area contributed by atoms with Crippen LogP contribution in [-0.2, 0) is 9.26 Å². The van der Waals surface area contributed by atoms with Gasteiger partial charge in [0, 0.05) is 6.42 Å². The molecule has 0 aliphatic rings. The van der Waals surface area contributed by atoms with E-state index in [0.717, 1.165) is 0 Å². The fourth-order valence-electron chi connectivity index (χ4n) is 0.510. The van der Waals surface area contributed by atoms with Crippen LogP contribution in [0.1, 0.15) is 14.8 Å². The van der Waals surface area contributed by atoms with Crippen LogP contribution in [0.3, 0.4) is 0 Å². The molecular formula is C6H14NaO5P. The Morgan fingerprint density at radius 1 is 1.62 bits per heavy atom. The first-order chi connectivity index (χ1) is 5.54. The van der Waals surface area contributed by atoms with Gasteiger partial charge >= 0.3 is 38.2 Å². The molecular weight excluding hydrogens is 206 g/mol. The van der Waals surface area contributed by atoms with Gasteiger partial charge in [0.15, 0.2) is 0 Å². The van der Waals surface area contributed by atoms with E-state index in [1.54, 1.807) is 6.92 Å². The van der Waals surface area contributed by atoms with E-state index >= 15 is 0 Å². The summed E-state index contributed by atoms with van der Waals surface area (Å²) in [7, 11) is -2.62. The minimum atomic E-state index is -2.62. The molecule has 0 rings (SSSR count). The predicted molar refractivity (Wildman–Crippen MR) is 44.9 cm³/mol. The number of aliphatic hydroxyl groups is 1. The van der Waals surface area contributed by atoms with Crippen molar-refractivity contribution in [3.63, 3.8) is 0 Å². The van der Waals surface area contributed by atoms with Gasteiger partial charge in [-0.15, -0.1) is 6.58 Å². The van der Waals surface area contributed by atoms with Crippen LogP contribution in [-0.4, -0.2) is 27.5 Å². The average molecular weight is 220 g/mol. The summed E-state index contributed by atoms with van der Waals surface area (Å²) in [6.07, 6.45) is 1.52. The van der Waals surface area contributed by atoms with Crippen molar-refractivity contribution in [3.8, 4) is 0 Å². The van der Waals surface area contributed by atoms with Crippen molar-refractivity contribution in [1.82, 2.24) is 0 Å². The summed E-state index contributed by atoms with van der Waals surface area (Å²) < 4.78 is 9.10. The maximum absolute atomic E-state index is 9.33. The fraction of sp³-hybridized carbons (Fsp3) is 0.667. The number of rotatable bonds is 6. The molecule has 74 valence electrons. The molecule has 0 amide bonds. The first-order valence-corrected chi connectivity index (χ1v) is 4.55. The molecule has 0 aliphatic carbocycles. The Bertz CT molecular complexity index is 150. The van der Waals surface area contributed by atoms with Gasteiger partial charge in [-0.25, -0.2) is 0 Å². The Hall–Kier alpha value is 0.970. The summed E-state index contributed by atoms with van der Waals surface area (Å²) in [4.78, 5) is 16.9. The minimum Gasteiger partial charge on any atom is -1.00 e. The number of hydrogen-bond donors (Lipinski definition) is 3. The standard InChI is InChI=1S/C6H13O5P.Na.H/c1-3-5-10-6(7,4-2)11-12(8)9;;/h3,7-9H,1,4-5H2,2H3;;/q;+1;-1. The van der Waals surface area contributed by atoms with Gasteiger partial charge in [0.1, 0.15) is 0 Å². The first kappa shape index (κ1) is 16.4. The third kappa shape index (κ3) is 8.00. The van der Waals surface area contributed by atoms with Crippen molar-refractivity contribution in [3.05, 3.63) is 12.7 Å². The van der Waals surface area contributed by atoms with E-state index in [-0.39, 0.29) is 44.0 Å². The first-order valence-electron chi connectivity index (χ1n) is 3.38. The van der Waals surface area contributed by atoms with Crippen molar-refractivity contribution in [2.75, 3.05) is 6.61 Å². The number of ether oxygens (including phenoxy) is 1. The van der Waals surface area contributed by atoms with E-state index in [1.165, 1.54) is 6.08 Å². The van der Waals surface area contributed by atoms with Crippen LogP contribution in [0, 0.1) is 0 Å². The van der Waals surface area contributed by atoms with Gasteiger partial charge in [-0.2, -0.15) is 0 Å². The van der Waals surface area contributed by atoms with Gasteiger partial charge in [0.2, 0.25) is 0 Å². The molecule has 0 spiro atoms. The maximum atomic E-state index is 9.33. The molecule has 0 saturated heterocycles. The summed E-state index contributed by atoms with van der Waals surface area (Å²) in [6.45, 7) is 5.03. The molecule has 3 N–H and O–H groups in total. The Morgan fingerprint density at radius 2 is 2.15 bits per heavy atom. The summed E-state index contributed by atoms with van der Waals surface area (Å²) in [5, 5.41) is 9.33. The zero-order valence-corrected chi connectivity index (χ0v) is 10.7. The van der Waals surface area contributed by atoms with E-state index in [0.29, 0.717) is 0 Å². The van der Waals surface area contributed by atoms with E-state index in [4.69, 9.17) is 14.5 Å². The van der Waals surface area contributed by atoms with Crippen molar-refractivity contribution < 1.29 is 55.1 Å². The summed E-state index contributed by atoms with van der Waals surface area (Å²) >= 11 is 0. The smallest absolute Gasteiger partial charge is 1.00 e. The van der Waals surface area contributed by atoms with Crippen molar-refractivity contribution >= 4 is 8.60 Å². The van der Waals surface area contributed by atoms with E-state index in [1.807, 2.05) is 0 Å². The maximum Gasteiger partial charge on any atom is 1.00 e. The molecule has 7 heteroatoms. The molecule has 13 heavy (non-hydrogen) atoms. The molecule has 1 atom stereocenters. The van der Waals surface area contributed by atoms with Crippen molar-refractivity contribution in [2.24, 2.45) is 0 Å². The SMILES string of the molecule is C=CCOC(O)(CC)OP(O)O.[H-].[Na+]. The third-order valence-electron chi connectivity index (χ3n) is 1.10.